The van der Waals surface area contributed by atoms with Crippen LogP contribution in [-0.2, 0) is 6.54 Å². The molecule has 3 heteroatoms. The van der Waals surface area contributed by atoms with Gasteiger partial charge in [-0.3, -0.25) is 0 Å². The first-order valence-corrected chi connectivity index (χ1v) is 6.31. The zero-order valence-corrected chi connectivity index (χ0v) is 11.2. The van der Waals surface area contributed by atoms with Crippen molar-refractivity contribution >= 4 is 5.95 Å². The maximum absolute atomic E-state index is 4.33. The third-order valence-corrected chi connectivity index (χ3v) is 3.26. The van der Waals surface area contributed by atoms with Gasteiger partial charge in [-0.2, -0.15) is 0 Å². The fourth-order valence-corrected chi connectivity index (χ4v) is 2.18. The van der Waals surface area contributed by atoms with Gasteiger partial charge < -0.3 is 9.88 Å². The van der Waals surface area contributed by atoms with Gasteiger partial charge in [-0.25, -0.2) is 4.98 Å². The molecular formula is C13H25N3. The Hall–Kier alpha value is -0.990. The number of nitrogens with zero attached hydrogens (tertiary/aromatic N) is 2. The van der Waals surface area contributed by atoms with Crippen LogP contribution in [-0.4, -0.2) is 16.1 Å². The van der Waals surface area contributed by atoms with Crippen LogP contribution in [0.5, 0.6) is 0 Å². The summed E-state index contributed by atoms with van der Waals surface area (Å²) < 4.78 is 2.14. The highest BCUT2D eigenvalue weighted by atomic mass is 15.2. The summed E-state index contributed by atoms with van der Waals surface area (Å²) in [5, 5.41) is 3.46. The molecule has 0 aliphatic carbocycles. The molecule has 0 saturated heterocycles. The monoisotopic (exact) mass is 223 g/mol. The van der Waals surface area contributed by atoms with E-state index in [1.54, 1.807) is 0 Å². The van der Waals surface area contributed by atoms with Gasteiger partial charge in [0.15, 0.2) is 0 Å². The zero-order valence-electron chi connectivity index (χ0n) is 11.2. The van der Waals surface area contributed by atoms with Crippen LogP contribution in [0, 0.1) is 17.8 Å². The standard InChI is InChI=1S/C13H25N3/c1-6-16-8-7-14-13(16)15-9-12(10(2)3)11(4)5/h7-8,10-12H,6,9H2,1-5H3,(H,14,15). The molecule has 92 valence electrons. The van der Waals surface area contributed by atoms with Gasteiger partial charge in [0.2, 0.25) is 5.95 Å². The summed E-state index contributed by atoms with van der Waals surface area (Å²) in [4.78, 5) is 4.33. The molecule has 1 heterocycles. The SMILES string of the molecule is CCn1ccnc1NCC(C(C)C)C(C)C. The van der Waals surface area contributed by atoms with Gasteiger partial charge in [0.1, 0.15) is 0 Å². The van der Waals surface area contributed by atoms with Gasteiger partial charge in [0.05, 0.1) is 0 Å². The zero-order chi connectivity index (χ0) is 12.1. The quantitative estimate of drug-likeness (QED) is 0.802. The average Bonchev–Trinajstić information content (AvgIpc) is 2.64. The number of rotatable bonds is 6. The van der Waals surface area contributed by atoms with Gasteiger partial charge in [-0.1, -0.05) is 27.7 Å². The van der Waals surface area contributed by atoms with Crippen LogP contribution in [0.25, 0.3) is 0 Å². The van der Waals surface area contributed by atoms with E-state index in [1.165, 1.54) is 0 Å². The minimum absolute atomic E-state index is 0.696. The molecule has 0 unspecified atom stereocenters. The molecule has 0 aromatic carbocycles. The fourth-order valence-electron chi connectivity index (χ4n) is 2.18. The number of anilines is 1. The normalized spacial score (nSPS) is 11.8. The Kier molecular flexibility index (Phi) is 4.84. The van der Waals surface area contributed by atoms with Gasteiger partial charge >= 0.3 is 0 Å². The van der Waals surface area contributed by atoms with E-state index in [2.05, 4.69) is 49.5 Å². The van der Waals surface area contributed by atoms with Crippen molar-refractivity contribution in [3.63, 3.8) is 0 Å². The molecule has 1 aromatic rings. The van der Waals surface area contributed by atoms with Crippen molar-refractivity contribution in [3.8, 4) is 0 Å². The van der Waals surface area contributed by atoms with Gasteiger partial charge in [0, 0.05) is 25.5 Å². The molecule has 1 N–H and O–H groups in total. The molecule has 16 heavy (non-hydrogen) atoms. The van der Waals surface area contributed by atoms with E-state index >= 15 is 0 Å². The van der Waals surface area contributed by atoms with Crippen molar-refractivity contribution in [1.82, 2.24) is 9.55 Å². The summed E-state index contributed by atoms with van der Waals surface area (Å²) in [7, 11) is 0. The molecule has 0 fully saturated rings. The smallest absolute Gasteiger partial charge is 0.202 e. The molecular weight excluding hydrogens is 198 g/mol. The van der Waals surface area contributed by atoms with Crippen LogP contribution < -0.4 is 5.32 Å². The predicted molar refractivity (Wildman–Crippen MR) is 69.6 cm³/mol. The lowest BCUT2D eigenvalue weighted by Crippen LogP contribution is -2.25. The number of aryl methyl sites for hydroxylation is 1. The second-order valence-electron chi connectivity index (χ2n) is 5.07. The van der Waals surface area contributed by atoms with Crippen molar-refractivity contribution in [2.75, 3.05) is 11.9 Å². The highest BCUT2D eigenvalue weighted by Gasteiger charge is 2.17. The van der Waals surface area contributed by atoms with Crippen LogP contribution in [0.4, 0.5) is 5.95 Å². The topological polar surface area (TPSA) is 29.9 Å². The van der Waals surface area contributed by atoms with Crippen LogP contribution in [0.15, 0.2) is 12.4 Å². The minimum Gasteiger partial charge on any atom is -0.355 e. The first-order chi connectivity index (χ1) is 7.56. The van der Waals surface area contributed by atoms with Crippen molar-refractivity contribution < 1.29 is 0 Å². The van der Waals surface area contributed by atoms with Crippen LogP contribution in [0.3, 0.4) is 0 Å². The Balaban J connectivity index is 2.55. The number of imidazole rings is 1. The van der Waals surface area contributed by atoms with Crippen molar-refractivity contribution in [1.29, 1.82) is 0 Å². The molecule has 0 saturated carbocycles. The molecule has 0 radical (unpaired) electrons. The Morgan fingerprint density at radius 2 is 1.88 bits per heavy atom. The molecule has 1 aromatic heterocycles. The third kappa shape index (κ3) is 3.26. The summed E-state index contributed by atoms with van der Waals surface area (Å²) in [6, 6.07) is 0. The van der Waals surface area contributed by atoms with Crippen molar-refractivity contribution in [2.45, 2.75) is 41.2 Å². The summed E-state index contributed by atoms with van der Waals surface area (Å²) >= 11 is 0. The summed E-state index contributed by atoms with van der Waals surface area (Å²) in [6.07, 6.45) is 3.87. The highest BCUT2D eigenvalue weighted by molar-refractivity contribution is 5.25. The van der Waals surface area contributed by atoms with E-state index in [-0.39, 0.29) is 0 Å². The van der Waals surface area contributed by atoms with E-state index in [0.717, 1.165) is 19.0 Å². The van der Waals surface area contributed by atoms with E-state index in [9.17, 15) is 0 Å². The summed E-state index contributed by atoms with van der Waals surface area (Å²) in [5.41, 5.74) is 0. The average molecular weight is 223 g/mol. The molecule has 0 amide bonds. The van der Waals surface area contributed by atoms with Gasteiger partial charge in [-0.05, 0) is 24.7 Å². The Morgan fingerprint density at radius 3 is 2.38 bits per heavy atom. The second-order valence-corrected chi connectivity index (χ2v) is 5.07. The largest absolute Gasteiger partial charge is 0.355 e. The van der Waals surface area contributed by atoms with Crippen LogP contribution >= 0.6 is 0 Å². The Morgan fingerprint density at radius 1 is 1.25 bits per heavy atom. The molecule has 0 bridgehead atoms. The highest BCUT2D eigenvalue weighted by Crippen LogP contribution is 2.20. The maximum Gasteiger partial charge on any atom is 0.202 e. The predicted octanol–water partition coefficient (Wildman–Crippen LogP) is 3.24. The Labute approximate surface area is 99.3 Å². The van der Waals surface area contributed by atoms with E-state index in [1.807, 2.05) is 12.4 Å². The number of hydrogen-bond donors (Lipinski definition) is 1. The van der Waals surface area contributed by atoms with E-state index < -0.39 is 0 Å². The van der Waals surface area contributed by atoms with Crippen LogP contribution in [0.1, 0.15) is 34.6 Å². The van der Waals surface area contributed by atoms with Crippen LogP contribution in [0.2, 0.25) is 0 Å². The molecule has 0 aliphatic heterocycles. The van der Waals surface area contributed by atoms with Gasteiger partial charge in [0.25, 0.3) is 0 Å². The van der Waals surface area contributed by atoms with Crippen molar-refractivity contribution in [3.05, 3.63) is 12.4 Å². The van der Waals surface area contributed by atoms with Crippen molar-refractivity contribution in [2.24, 2.45) is 17.8 Å². The molecule has 1 rings (SSSR count). The van der Waals surface area contributed by atoms with Gasteiger partial charge in [-0.15, -0.1) is 0 Å². The number of aromatic nitrogens is 2. The summed E-state index contributed by atoms with van der Waals surface area (Å²) in [5.74, 6) is 3.10. The first-order valence-electron chi connectivity index (χ1n) is 6.31. The first kappa shape index (κ1) is 13.1. The molecule has 0 aliphatic rings. The lowest BCUT2D eigenvalue weighted by atomic mass is 9.85. The second kappa shape index (κ2) is 5.92. The fraction of sp³-hybridized carbons (Fsp3) is 0.769. The molecule has 0 atom stereocenters. The molecule has 3 nitrogen and oxygen atoms in total. The number of nitrogens with one attached hydrogen (secondary N) is 1. The lowest BCUT2D eigenvalue weighted by Gasteiger charge is -2.25. The lowest BCUT2D eigenvalue weighted by molar-refractivity contribution is 0.303. The van der Waals surface area contributed by atoms with E-state index in [4.69, 9.17) is 0 Å². The minimum atomic E-state index is 0.696. The Bertz CT molecular complexity index is 294. The maximum atomic E-state index is 4.33. The number of hydrogen-bond acceptors (Lipinski definition) is 2. The summed E-state index contributed by atoms with van der Waals surface area (Å²) in [6.45, 7) is 13.3. The molecule has 0 spiro atoms. The van der Waals surface area contributed by atoms with E-state index in [0.29, 0.717) is 17.8 Å². The third-order valence-electron chi connectivity index (χ3n) is 3.26.